The van der Waals surface area contributed by atoms with E-state index in [0.717, 1.165) is 27.8 Å². The summed E-state index contributed by atoms with van der Waals surface area (Å²) in [7, 11) is 0. The van der Waals surface area contributed by atoms with Crippen LogP contribution in [0.25, 0.3) is 16.8 Å². The molecule has 0 aromatic heterocycles. The summed E-state index contributed by atoms with van der Waals surface area (Å²) >= 11 is 11.5. The number of hydrogen-bond acceptors (Lipinski definition) is 4. The Morgan fingerprint density at radius 2 is 1.83 bits per heavy atom. The Bertz CT molecular complexity index is 1470. The van der Waals surface area contributed by atoms with Gasteiger partial charge in [0.2, 0.25) is 0 Å². The van der Waals surface area contributed by atoms with Crippen molar-refractivity contribution in [3.05, 3.63) is 110 Å². The lowest BCUT2D eigenvalue weighted by Crippen LogP contribution is -2.19. The summed E-state index contributed by atoms with van der Waals surface area (Å²) in [4.78, 5) is 17.5. The molecule has 0 atom stereocenters. The number of rotatable bonds is 5. The third-order valence-corrected chi connectivity index (χ3v) is 7.27. The van der Waals surface area contributed by atoms with Crippen molar-refractivity contribution < 1.29 is 9.53 Å². The number of hydrogen-bond donors (Lipinski definition) is 1. The first kappa shape index (κ1) is 23.7. The summed E-state index contributed by atoms with van der Waals surface area (Å²) in [6.45, 7) is 2.41. The molecule has 4 nitrogen and oxygen atoms in total. The van der Waals surface area contributed by atoms with Gasteiger partial charge in [0.1, 0.15) is 6.61 Å². The lowest BCUT2D eigenvalue weighted by atomic mass is 10.1. The molecule has 174 valence electrons. The highest BCUT2D eigenvalue weighted by atomic mass is 79.9. The number of aliphatic imine (C=N–C) groups is 1. The molecule has 0 bridgehead atoms. The molecule has 0 saturated carbocycles. The monoisotopic (exact) mass is 562 g/mol. The maximum atomic E-state index is 12.5. The van der Waals surface area contributed by atoms with Gasteiger partial charge in [-0.3, -0.25) is 4.79 Å². The van der Waals surface area contributed by atoms with Crippen LogP contribution < -0.4 is 10.1 Å². The Morgan fingerprint density at radius 1 is 1.06 bits per heavy atom. The van der Waals surface area contributed by atoms with Gasteiger partial charge in [-0.15, -0.1) is 0 Å². The zero-order valence-electron chi connectivity index (χ0n) is 18.7. The zero-order valence-corrected chi connectivity index (χ0v) is 21.9. The van der Waals surface area contributed by atoms with Gasteiger partial charge < -0.3 is 10.1 Å². The van der Waals surface area contributed by atoms with E-state index in [2.05, 4.69) is 50.5 Å². The van der Waals surface area contributed by atoms with Crippen LogP contribution in [-0.4, -0.2) is 11.1 Å². The number of amides is 1. The number of halogens is 2. The summed E-state index contributed by atoms with van der Waals surface area (Å²) in [5.74, 6) is 0.372. The van der Waals surface area contributed by atoms with E-state index >= 15 is 0 Å². The van der Waals surface area contributed by atoms with Crippen LogP contribution in [0.15, 0.2) is 93.2 Å². The van der Waals surface area contributed by atoms with Gasteiger partial charge in [-0.2, -0.15) is 0 Å². The molecule has 7 heteroatoms. The fraction of sp³-hybridized carbons (Fsp3) is 0.0714. The zero-order chi connectivity index (χ0) is 24.4. The molecule has 1 N–H and O–H groups in total. The Balaban J connectivity index is 1.34. The van der Waals surface area contributed by atoms with Gasteiger partial charge in [-0.25, -0.2) is 4.99 Å². The van der Waals surface area contributed by atoms with Crippen molar-refractivity contribution in [1.82, 2.24) is 5.32 Å². The van der Waals surface area contributed by atoms with Crippen LogP contribution in [0.3, 0.4) is 0 Å². The molecule has 1 saturated heterocycles. The quantitative estimate of drug-likeness (QED) is 0.250. The minimum atomic E-state index is -0.190. The summed E-state index contributed by atoms with van der Waals surface area (Å²) in [6, 6.07) is 25.9. The number of benzene rings is 4. The first-order chi connectivity index (χ1) is 17.0. The van der Waals surface area contributed by atoms with Gasteiger partial charge in [-0.1, -0.05) is 71.8 Å². The van der Waals surface area contributed by atoms with Crippen LogP contribution in [-0.2, 0) is 11.4 Å². The summed E-state index contributed by atoms with van der Waals surface area (Å²) in [6.07, 6.45) is 1.79. The van der Waals surface area contributed by atoms with Crippen molar-refractivity contribution in [1.29, 1.82) is 0 Å². The van der Waals surface area contributed by atoms with Crippen molar-refractivity contribution >= 4 is 72.9 Å². The fourth-order valence-electron chi connectivity index (χ4n) is 3.74. The number of amidine groups is 1. The number of aryl methyl sites for hydroxylation is 1. The lowest BCUT2D eigenvalue weighted by molar-refractivity contribution is -0.115. The van der Waals surface area contributed by atoms with Crippen molar-refractivity contribution in [2.45, 2.75) is 13.5 Å². The maximum Gasteiger partial charge on any atom is 0.264 e. The highest BCUT2D eigenvalue weighted by Gasteiger charge is 2.24. The van der Waals surface area contributed by atoms with Crippen molar-refractivity contribution in [2.75, 3.05) is 0 Å². The number of carbonyl (C=O) groups excluding carboxylic acids is 1. The molecule has 1 amide bonds. The Labute approximate surface area is 221 Å². The number of thioether (sulfide) groups is 1. The van der Waals surface area contributed by atoms with Crippen LogP contribution in [0.4, 0.5) is 5.69 Å². The minimum absolute atomic E-state index is 0.190. The van der Waals surface area contributed by atoms with Gasteiger partial charge >= 0.3 is 0 Å². The third-order valence-electron chi connectivity index (χ3n) is 5.49. The predicted molar refractivity (Wildman–Crippen MR) is 149 cm³/mol. The average Bonchev–Trinajstić information content (AvgIpc) is 3.18. The Morgan fingerprint density at radius 3 is 2.63 bits per heavy atom. The van der Waals surface area contributed by atoms with Gasteiger partial charge in [0.25, 0.3) is 5.91 Å². The number of ether oxygens (including phenoxy) is 1. The molecule has 35 heavy (non-hydrogen) atoms. The van der Waals surface area contributed by atoms with Crippen LogP contribution >= 0.6 is 39.3 Å². The molecule has 4 aromatic carbocycles. The number of carbonyl (C=O) groups is 1. The number of fused-ring (bicyclic) bond motifs is 1. The first-order valence-electron chi connectivity index (χ1n) is 10.9. The molecular formula is C28H20BrClN2O2S. The Kier molecular flexibility index (Phi) is 6.95. The second-order valence-corrected chi connectivity index (χ2v) is 10.4. The van der Waals surface area contributed by atoms with Crippen LogP contribution in [0, 0.1) is 6.92 Å². The first-order valence-corrected chi connectivity index (χ1v) is 12.9. The summed E-state index contributed by atoms with van der Waals surface area (Å²) in [5.41, 5.74) is 3.81. The Hall–Kier alpha value is -3.06. The van der Waals surface area contributed by atoms with Crippen molar-refractivity contribution in [3.63, 3.8) is 0 Å². The van der Waals surface area contributed by atoms with E-state index < -0.39 is 0 Å². The van der Waals surface area contributed by atoms with E-state index in [9.17, 15) is 4.79 Å². The largest absolute Gasteiger partial charge is 0.486 e. The fourth-order valence-corrected chi connectivity index (χ4v) is 5.57. The standard InChI is InChI=1S/C28H20BrClN2O2S/c1-17-9-11-21(12-10-17)31-28-32-27(33)25(35-28)15-18-13-23(29)26(24(30)14-18)34-16-20-7-4-6-19-5-2-3-8-22(19)20/h2-15H,16H2,1H3,(H,31,32,33)/b25-15+. The van der Waals surface area contributed by atoms with E-state index in [0.29, 0.717) is 31.9 Å². The molecule has 1 fully saturated rings. The smallest absolute Gasteiger partial charge is 0.264 e. The number of nitrogens with zero attached hydrogens (tertiary/aromatic N) is 1. The van der Waals surface area contributed by atoms with E-state index in [4.69, 9.17) is 16.3 Å². The van der Waals surface area contributed by atoms with Crippen molar-refractivity contribution in [3.8, 4) is 5.75 Å². The molecule has 1 aliphatic heterocycles. The third kappa shape index (κ3) is 5.45. The normalized spacial score (nSPS) is 15.7. The lowest BCUT2D eigenvalue weighted by Gasteiger charge is -2.13. The minimum Gasteiger partial charge on any atom is -0.486 e. The maximum absolute atomic E-state index is 12.5. The second-order valence-electron chi connectivity index (χ2n) is 8.06. The molecule has 5 rings (SSSR count). The number of nitrogens with one attached hydrogen (secondary N) is 1. The van der Waals surface area contributed by atoms with Gasteiger partial charge in [-0.05, 0) is 86.9 Å². The molecule has 4 aromatic rings. The van der Waals surface area contributed by atoms with E-state index in [1.54, 1.807) is 12.1 Å². The van der Waals surface area contributed by atoms with Crippen molar-refractivity contribution in [2.24, 2.45) is 4.99 Å². The molecule has 0 radical (unpaired) electrons. The van der Waals surface area contributed by atoms with Crippen LogP contribution in [0.5, 0.6) is 5.75 Å². The molecule has 1 aliphatic rings. The van der Waals surface area contributed by atoms with Gasteiger partial charge in [0, 0.05) is 0 Å². The van der Waals surface area contributed by atoms with E-state index in [1.807, 2.05) is 55.5 Å². The second kappa shape index (κ2) is 10.3. The molecule has 0 spiro atoms. The van der Waals surface area contributed by atoms with E-state index in [-0.39, 0.29) is 5.91 Å². The SMILES string of the molecule is Cc1ccc(N=C2NC(=O)/C(=C\c3cc(Cl)c(OCc4cccc5ccccc45)c(Br)c3)S2)cc1. The highest BCUT2D eigenvalue weighted by molar-refractivity contribution is 9.10. The molecule has 1 heterocycles. The van der Waals surface area contributed by atoms with Gasteiger partial charge in [0.05, 0.1) is 20.1 Å². The van der Waals surface area contributed by atoms with Crippen LogP contribution in [0.2, 0.25) is 5.02 Å². The topological polar surface area (TPSA) is 50.7 Å². The molecule has 0 aliphatic carbocycles. The van der Waals surface area contributed by atoms with Gasteiger partial charge in [0.15, 0.2) is 10.9 Å². The van der Waals surface area contributed by atoms with Crippen LogP contribution in [0.1, 0.15) is 16.7 Å². The average molecular weight is 564 g/mol. The summed E-state index contributed by atoms with van der Waals surface area (Å²) < 4.78 is 6.81. The molecule has 0 unspecified atom stereocenters. The summed E-state index contributed by atoms with van der Waals surface area (Å²) in [5, 5.41) is 6.14. The molecular weight excluding hydrogens is 544 g/mol. The predicted octanol–water partition coefficient (Wildman–Crippen LogP) is 8.03. The highest BCUT2D eigenvalue weighted by Crippen LogP contribution is 2.37. The van der Waals surface area contributed by atoms with E-state index in [1.165, 1.54) is 17.1 Å².